The van der Waals surface area contributed by atoms with Crippen molar-refractivity contribution >= 4 is 18.0 Å². The first-order chi connectivity index (χ1) is 11.6. The number of ketones is 1. The molecule has 0 aliphatic heterocycles. The van der Waals surface area contributed by atoms with Crippen LogP contribution in [0.3, 0.4) is 0 Å². The summed E-state index contributed by atoms with van der Waals surface area (Å²) in [6.45, 7) is 11.5. The fourth-order valence-corrected chi connectivity index (χ4v) is 2.10. The summed E-state index contributed by atoms with van der Waals surface area (Å²) >= 11 is 0. The fraction of sp³-hybridized carbons (Fsp3) is 0.833. The quantitative estimate of drug-likeness (QED) is 0.702. The van der Waals surface area contributed by atoms with Crippen LogP contribution in [0.5, 0.6) is 0 Å². The number of aliphatic hydroxyl groups is 1. The molecule has 1 unspecified atom stereocenters. The number of rotatable bonds is 7. The molecule has 0 bridgehead atoms. The minimum absolute atomic E-state index is 0.00549. The summed E-state index contributed by atoms with van der Waals surface area (Å²) in [5, 5.41) is 8.91. The molecule has 0 aliphatic carbocycles. The monoisotopic (exact) mass is 374 g/mol. The van der Waals surface area contributed by atoms with E-state index in [1.165, 1.54) is 0 Å². The van der Waals surface area contributed by atoms with Gasteiger partial charge in [-0.1, -0.05) is 6.92 Å². The first kappa shape index (κ1) is 24.3. The Balaban J connectivity index is 5.51. The van der Waals surface area contributed by atoms with Crippen LogP contribution in [-0.4, -0.2) is 58.9 Å². The number of nitrogens with two attached hydrogens (primary N) is 1. The van der Waals surface area contributed by atoms with E-state index in [1.54, 1.807) is 48.5 Å². The van der Waals surface area contributed by atoms with Gasteiger partial charge in [0.25, 0.3) is 0 Å². The number of hydrogen-bond acceptors (Lipinski definition) is 7. The van der Waals surface area contributed by atoms with Crippen LogP contribution in [0.1, 0.15) is 61.3 Å². The smallest absolute Gasteiger partial charge is 0.419 e. The summed E-state index contributed by atoms with van der Waals surface area (Å²) < 4.78 is 10.6. The number of ether oxygens (including phenoxy) is 2. The fourth-order valence-electron chi connectivity index (χ4n) is 2.10. The van der Waals surface area contributed by atoms with E-state index in [0.717, 1.165) is 4.90 Å². The molecule has 8 heteroatoms. The van der Waals surface area contributed by atoms with Gasteiger partial charge in [0.05, 0.1) is 0 Å². The molecule has 152 valence electrons. The molecule has 0 rings (SSSR count). The van der Waals surface area contributed by atoms with Crippen LogP contribution < -0.4 is 5.73 Å². The zero-order valence-electron chi connectivity index (χ0n) is 17.0. The Morgan fingerprint density at radius 1 is 0.923 bits per heavy atom. The minimum atomic E-state index is -0.861. The largest absolute Gasteiger partial charge is 0.443 e. The maximum absolute atomic E-state index is 12.5. The Kier molecular flexibility index (Phi) is 8.72. The average Bonchev–Trinajstić information content (AvgIpc) is 2.41. The van der Waals surface area contributed by atoms with E-state index in [0.29, 0.717) is 0 Å². The van der Waals surface area contributed by atoms with Gasteiger partial charge in [-0.25, -0.2) is 14.5 Å². The molecule has 0 saturated carbocycles. The van der Waals surface area contributed by atoms with Gasteiger partial charge < -0.3 is 20.3 Å². The summed E-state index contributed by atoms with van der Waals surface area (Å²) in [4.78, 5) is 37.8. The van der Waals surface area contributed by atoms with E-state index in [1.807, 2.05) is 0 Å². The van der Waals surface area contributed by atoms with Crippen LogP contribution in [-0.2, 0) is 14.3 Å². The lowest BCUT2D eigenvalue weighted by Gasteiger charge is -2.35. The van der Waals surface area contributed by atoms with Crippen LogP contribution in [0, 0.1) is 5.41 Å². The molecule has 2 amide bonds. The first-order valence-electron chi connectivity index (χ1n) is 8.68. The number of carbonyl (C=O) groups excluding carboxylic acids is 3. The molecule has 26 heavy (non-hydrogen) atoms. The number of amides is 2. The van der Waals surface area contributed by atoms with Crippen LogP contribution >= 0.6 is 0 Å². The van der Waals surface area contributed by atoms with Crippen molar-refractivity contribution < 1.29 is 29.0 Å². The Labute approximate surface area is 156 Å². The highest BCUT2D eigenvalue weighted by atomic mass is 16.6. The van der Waals surface area contributed by atoms with E-state index in [9.17, 15) is 14.4 Å². The van der Waals surface area contributed by atoms with E-state index in [-0.39, 0.29) is 38.3 Å². The standard InChI is InChI=1S/C18H34N2O6/c1-16(2,3)25-14(23)20(15(24)26-17(4,5)6)12-18(7,11-19)10-13(22)8-9-21/h21H,8-12,19H2,1-7H3. The Morgan fingerprint density at radius 3 is 1.65 bits per heavy atom. The molecular formula is C18H34N2O6. The van der Waals surface area contributed by atoms with Crippen LogP contribution in [0.25, 0.3) is 0 Å². The molecule has 8 nitrogen and oxygen atoms in total. The second-order valence-electron chi connectivity index (χ2n) is 8.75. The van der Waals surface area contributed by atoms with Crippen LogP contribution in [0.4, 0.5) is 9.59 Å². The first-order valence-corrected chi connectivity index (χ1v) is 8.68. The number of imide groups is 1. The molecule has 3 N–H and O–H groups in total. The third-order valence-corrected chi connectivity index (χ3v) is 3.27. The van der Waals surface area contributed by atoms with E-state index < -0.39 is 28.8 Å². The molecule has 0 aliphatic rings. The molecule has 0 spiro atoms. The van der Waals surface area contributed by atoms with Crippen molar-refractivity contribution in [1.82, 2.24) is 4.90 Å². The second kappa shape index (κ2) is 9.32. The van der Waals surface area contributed by atoms with E-state index >= 15 is 0 Å². The van der Waals surface area contributed by atoms with Gasteiger partial charge in [0.2, 0.25) is 0 Å². The Hall–Kier alpha value is -1.67. The van der Waals surface area contributed by atoms with Gasteiger partial charge >= 0.3 is 12.2 Å². The number of nitrogens with zero attached hydrogens (tertiary/aromatic N) is 1. The highest BCUT2D eigenvalue weighted by Crippen LogP contribution is 2.25. The van der Waals surface area contributed by atoms with Crippen molar-refractivity contribution in [2.75, 3.05) is 19.7 Å². The van der Waals surface area contributed by atoms with Crippen molar-refractivity contribution in [3.8, 4) is 0 Å². The van der Waals surface area contributed by atoms with Crippen molar-refractivity contribution in [1.29, 1.82) is 0 Å². The lowest BCUT2D eigenvalue weighted by atomic mass is 9.84. The molecule has 0 aromatic carbocycles. The number of hydrogen-bond donors (Lipinski definition) is 2. The molecule has 0 aromatic heterocycles. The third kappa shape index (κ3) is 9.72. The summed E-state index contributed by atoms with van der Waals surface area (Å²) in [7, 11) is 0. The Morgan fingerprint density at radius 2 is 1.35 bits per heavy atom. The lowest BCUT2D eigenvalue weighted by molar-refractivity contribution is -0.122. The number of aliphatic hydroxyl groups excluding tert-OH is 1. The molecule has 0 radical (unpaired) electrons. The molecule has 0 aromatic rings. The molecule has 1 atom stereocenters. The lowest BCUT2D eigenvalue weighted by Crippen LogP contribution is -2.50. The molecule has 0 saturated heterocycles. The zero-order chi connectivity index (χ0) is 20.8. The Bertz CT molecular complexity index is 479. The average molecular weight is 374 g/mol. The van der Waals surface area contributed by atoms with Crippen molar-refractivity contribution in [2.45, 2.75) is 72.5 Å². The SMILES string of the molecule is CC(CN)(CC(=O)CCO)CN(C(=O)OC(C)(C)C)C(=O)OC(C)(C)C. The van der Waals surface area contributed by atoms with E-state index in [4.69, 9.17) is 20.3 Å². The molecular weight excluding hydrogens is 340 g/mol. The summed E-state index contributed by atoms with van der Waals surface area (Å²) in [5.41, 5.74) is 3.34. The van der Waals surface area contributed by atoms with Gasteiger partial charge in [0.15, 0.2) is 0 Å². The van der Waals surface area contributed by atoms with E-state index in [2.05, 4.69) is 0 Å². The normalized spacial score (nSPS) is 14.3. The highest BCUT2D eigenvalue weighted by molar-refractivity contribution is 5.88. The van der Waals surface area contributed by atoms with Gasteiger partial charge in [-0.2, -0.15) is 0 Å². The molecule has 0 fully saturated rings. The van der Waals surface area contributed by atoms with Crippen LogP contribution in [0.2, 0.25) is 0 Å². The van der Waals surface area contributed by atoms with Gasteiger partial charge in [0, 0.05) is 31.4 Å². The minimum Gasteiger partial charge on any atom is -0.443 e. The molecule has 0 heterocycles. The summed E-state index contributed by atoms with van der Waals surface area (Å²) in [6, 6.07) is 0. The van der Waals surface area contributed by atoms with Crippen molar-refractivity contribution in [3.05, 3.63) is 0 Å². The zero-order valence-corrected chi connectivity index (χ0v) is 17.0. The van der Waals surface area contributed by atoms with Crippen molar-refractivity contribution in [2.24, 2.45) is 11.1 Å². The number of Topliss-reactive ketones (excluding diaryl/α,β-unsaturated/α-hetero) is 1. The summed E-state index contributed by atoms with van der Waals surface area (Å²) in [5.74, 6) is -0.200. The van der Waals surface area contributed by atoms with Crippen LogP contribution in [0.15, 0.2) is 0 Å². The topological polar surface area (TPSA) is 119 Å². The van der Waals surface area contributed by atoms with Gasteiger partial charge in [-0.15, -0.1) is 0 Å². The predicted octanol–water partition coefficient (Wildman–Crippen LogP) is 2.47. The predicted molar refractivity (Wildman–Crippen MR) is 97.7 cm³/mol. The van der Waals surface area contributed by atoms with Gasteiger partial charge in [0.1, 0.15) is 17.0 Å². The third-order valence-electron chi connectivity index (χ3n) is 3.27. The maximum Gasteiger partial charge on any atom is 0.419 e. The van der Waals surface area contributed by atoms with Gasteiger partial charge in [-0.05, 0) is 48.1 Å². The van der Waals surface area contributed by atoms with Crippen molar-refractivity contribution in [3.63, 3.8) is 0 Å². The summed E-state index contributed by atoms with van der Waals surface area (Å²) in [6.07, 6.45) is -1.71. The number of carbonyl (C=O) groups is 3. The second-order valence-corrected chi connectivity index (χ2v) is 8.75. The van der Waals surface area contributed by atoms with Gasteiger partial charge in [-0.3, -0.25) is 4.79 Å². The maximum atomic E-state index is 12.5. The highest BCUT2D eigenvalue weighted by Gasteiger charge is 2.37.